The van der Waals surface area contributed by atoms with Crippen LogP contribution in [0.4, 0.5) is 13.2 Å². The molecule has 0 fully saturated rings. The lowest BCUT2D eigenvalue weighted by Crippen LogP contribution is -1.91. The summed E-state index contributed by atoms with van der Waals surface area (Å²) in [5.74, 6) is -3.56. The Morgan fingerprint density at radius 1 is 1.43 bits per heavy atom. The van der Waals surface area contributed by atoms with Crippen molar-refractivity contribution in [2.24, 2.45) is 0 Å². The summed E-state index contributed by atoms with van der Waals surface area (Å²) in [6, 6.07) is 0. The van der Waals surface area contributed by atoms with Crippen molar-refractivity contribution < 1.29 is 13.2 Å². The third-order valence-corrected chi connectivity index (χ3v) is 3.20. The first-order valence-corrected chi connectivity index (χ1v) is 6.16. The van der Waals surface area contributed by atoms with Crippen molar-refractivity contribution in [2.45, 2.75) is 31.9 Å². The van der Waals surface area contributed by atoms with Gasteiger partial charge in [-0.05, 0) is 18.9 Å². The van der Waals surface area contributed by atoms with Gasteiger partial charge in [-0.25, -0.2) is 13.2 Å². The highest BCUT2D eigenvalue weighted by Gasteiger charge is 2.10. The van der Waals surface area contributed by atoms with Gasteiger partial charge in [0.25, 0.3) is 0 Å². The highest BCUT2D eigenvalue weighted by molar-refractivity contribution is 8.68. The Morgan fingerprint density at radius 2 is 2.00 bits per heavy atom. The average Bonchev–Trinajstić information content (AvgIpc) is 2.22. The molecule has 0 nitrogen and oxygen atoms in total. The topological polar surface area (TPSA) is 0 Å². The Balaban J connectivity index is 4.38. The summed E-state index contributed by atoms with van der Waals surface area (Å²) >= 11 is 3.91. The molecule has 0 saturated heterocycles. The fourth-order valence-corrected chi connectivity index (χ4v) is 1.13. The van der Waals surface area contributed by atoms with E-state index in [4.69, 9.17) is 0 Å². The van der Waals surface area contributed by atoms with Crippen molar-refractivity contribution >= 4 is 22.5 Å². The fraction of sp³-hybridized carbons (Fsp3) is 0.556. The van der Waals surface area contributed by atoms with Gasteiger partial charge in [-0.2, -0.15) is 0 Å². The summed E-state index contributed by atoms with van der Waals surface area (Å²) in [5.41, 5.74) is 0. The molecule has 0 aliphatic carbocycles. The normalized spacial score (nSPS) is 16.6. The van der Waals surface area contributed by atoms with Crippen molar-refractivity contribution in [2.75, 3.05) is 0 Å². The van der Waals surface area contributed by atoms with Crippen molar-refractivity contribution in [3.8, 4) is 0 Å². The minimum atomic E-state index is -1.39. The Kier molecular flexibility index (Phi) is 7.27. The van der Waals surface area contributed by atoms with Crippen LogP contribution in [-0.2, 0) is 0 Å². The largest absolute Gasteiger partial charge is 0.209 e. The first-order chi connectivity index (χ1) is 6.52. The van der Waals surface area contributed by atoms with E-state index in [0.29, 0.717) is 6.42 Å². The average molecular weight is 242 g/mol. The van der Waals surface area contributed by atoms with Crippen molar-refractivity contribution in [3.63, 3.8) is 0 Å². The molecule has 5 heteroatoms. The molecule has 0 spiro atoms. The second-order valence-corrected chi connectivity index (χ2v) is 4.42. The zero-order valence-corrected chi connectivity index (χ0v) is 9.77. The van der Waals surface area contributed by atoms with Crippen LogP contribution in [0.3, 0.4) is 0 Å². The van der Waals surface area contributed by atoms with Crippen LogP contribution in [0.2, 0.25) is 0 Å². The van der Waals surface area contributed by atoms with Gasteiger partial charge in [0, 0.05) is 5.25 Å². The van der Waals surface area contributed by atoms with E-state index in [0.717, 1.165) is 6.08 Å². The quantitative estimate of drug-likeness (QED) is 0.412. The molecule has 1 atom stereocenters. The predicted molar refractivity (Wildman–Crippen MR) is 59.4 cm³/mol. The fourth-order valence-electron chi connectivity index (χ4n) is 0.687. The molecule has 0 aromatic heterocycles. The molecule has 0 bridgehead atoms. The highest BCUT2D eigenvalue weighted by atomic mass is 33.1. The molecule has 82 valence electrons. The summed E-state index contributed by atoms with van der Waals surface area (Å²) in [6.45, 7) is 3.24. The highest BCUT2D eigenvalue weighted by Crippen LogP contribution is 2.24. The number of halogens is 3. The Bertz CT molecular complexity index is 236. The summed E-state index contributed by atoms with van der Waals surface area (Å²) < 4.78 is 38.3. The summed E-state index contributed by atoms with van der Waals surface area (Å²) in [7, 11) is 1.24. The zero-order chi connectivity index (χ0) is 11.1. The summed E-state index contributed by atoms with van der Waals surface area (Å²) in [4.78, 5) is 0. The molecule has 0 aliphatic rings. The molecular weight excluding hydrogens is 229 g/mol. The molecular formula is C9H13F3S2. The van der Waals surface area contributed by atoms with Crippen LogP contribution in [0, 0.1) is 0 Å². The number of thiol groups is 1. The Labute approximate surface area is 91.5 Å². The van der Waals surface area contributed by atoms with Crippen LogP contribution in [0.15, 0.2) is 23.6 Å². The van der Waals surface area contributed by atoms with Crippen LogP contribution in [0.1, 0.15) is 26.7 Å². The van der Waals surface area contributed by atoms with Gasteiger partial charge in [0.2, 0.25) is 0 Å². The molecule has 0 aromatic rings. The smallest absolute Gasteiger partial charge is 0.189 e. The van der Waals surface area contributed by atoms with E-state index in [9.17, 15) is 13.2 Å². The zero-order valence-electron chi connectivity index (χ0n) is 8.06. The molecule has 0 saturated carbocycles. The molecule has 0 radical (unpaired) electrons. The molecule has 1 unspecified atom stereocenters. The maximum absolute atomic E-state index is 12.9. The molecule has 0 heterocycles. The molecule has 0 amide bonds. The van der Waals surface area contributed by atoms with E-state index in [1.54, 1.807) is 0 Å². The third-order valence-electron chi connectivity index (χ3n) is 1.57. The van der Waals surface area contributed by atoms with E-state index in [1.165, 1.54) is 17.7 Å². The molecule has 0 aromatic carbocycles. The van der Waals surface area contributed by atoms with Gasteiger partial charge in [-0.3, -0.25) is 0 Å². The SMILES string of the molecule is CCC(F)=C(F)C(F)=CCC(C)SS. The first-order valence-electron chi connectivity index (χ1n) is 4.23. The summed E-state index contributed by atoms with van der Waals surface area (Å²) in [5, 5.41) is 0.0709. The van der Waals surface area contributed by atoms with Gasteiger partial charge in [0.15, 0.2) is 11.7 Å². The van der Waals surface area contributed by atoms with Gasteiger partial charge in [-0.15, -0.1) is 11.7 Å². The van der Waals surface area contributed by atoms with E-state index in [1.807, 2.05) is 6.92 Å². The van der Waals surface area contributed by atoms with Crippen LogP contribution >= 0.6 is 22.5 Å². The van der Waals surface area contributed by atoms with E-state index in [-0.39, 0.29) is 11.7 Å². The van der Waals surface area contributed by atoms with Crippen molar-refractivity contribution in [3.05, 3.63) is 23.6 Å². The van der Waals surface area contributed by atoms with Gasteiger partial charge in [0.1, 0.15) is 5.83 Å². The van der Waals surface area contributed by atoms with Gasteiger partial charge >= 0.3 is 0 Å². The van der Waals surface area contributed by atoms with Crippen LogP contribution in [-0.4, -0.2) is 5.25 Å². The number of hydrogen-bond donors (Lipinski definition) is 1. The first kappa shape index (κ1) is 14.0. The molecule has 0 rings (SSSR count). The van der Waals surface area contributed by atoms with Crippen LogP contribution in [0.5, 0.6) is 0 Å². The summed E-state index contributed by atoms with van der Waals surface area (Å²) in [6.07, 6.45) is 1.23. The lowest BCUT2D eigenvalue weighted by atomic mass is 10.2. The van der Waals surface area contributed by atoms with Crippen LogP contribution in [0.25, 0.3) is 0 Å². The van der Waals surface area contributed by atoms with Gasteiger partial charge < -0.3 is 0 Å². The van der Waals surface area contributed by atoms with Gasteiger partial charge in [0.05, 0.1) is 0 Å². The van der Waals surface area contributed by atoms with Crippen molar-refractivity contribution in [1.82, 2.24) is 0 Å². The molecule has 0 aliphatic heterocycles. The van der Waals surface area contributed by atoms with E-state index >= 15 is 0 Å². The van der Waals surface area contributed by atoms with Gasteiger partial charge in [-0.1, -0.05) is 24.6 Å². The second-order valence-electron chi connectivity index (χ2n) is 2.78. The second kappa shape index (κ2) is 7.29. The number of hydrogen-bond acceptors (Lipinski definition) is 2. The lowest BCUT2D eigenvalue weighted by Gasteiger charge is -2.02. The minimum Gasteiger partial charge on any atom is -0.209 e. The van der Waals surface area contributed by atoms with E-state index in [2.05, 4.69) is 11.7 Å². The minimum absolute atomic E-state index is 0.0709. The lowest BCUT2D eigenvalue weighted by molar-refractivity contribution is 0.479. The standard InChI is InChI=1S/C9H13F3S2/c1-3-7(10)9(12)8(11)5-4-6(2)14-13/h5-6,13H,3-4H2,1-2H3. The predicted octanol–water partition coefficient (Wildman–Crippen LogP) is 4.76. The Hall–Kier alpha value is -0.0300. The van der Waals surface area contributed by atoms with E-state index < -0.39 is 17.5 Å². The van der Waals surface area contributed by atoms with Crippen molar-refractivity contribution in [1.29, 1.82) is 0 Å². The molecule has 14 heavy (non-hydrogen) atoms. The molecule has 0 N–H and O–H groups in total. The third kappa shape index (κ3) is 5.00. The maximum atomic E-state index is 12.9. The monoisotopic (exact) mass is 242 g/mol. The Morgan fingerprint density at radius 3 is 2.43 bits per heavy atom. The number of allylic oxidation sites excluding steroid dienone is 4. The number of rotatable bonds is 5. The maximum Gasteiger partial charge on any atom is 0.189 e. The van der Waals surface area contributed by atoms with Crippen LogP contribution < -0.4 is 0 Å².